The van der Waals surface area contributed by atoms with Crippen LogP contribution in [-0.4, -0.2) is 42.2 Å². The molecule has 0 saturated carbocycles. The van der Waals surface area contributed by atoms with Gasteiger partial charge in [-0.3, -0.25) is 9.59 Å². The van der Waals surface area contributed by atoms with Crippen molar-refractivity contribution in [2.24, 2.45) is 0 Å². The molecule has 0 spiro atoms. The van der Waals surface area contributed by atoms with E-state index in [0.717, 1.165) is 0 Å². The highest BCUT2D eigenvalue weighted by molar-refractivity contribution is 6.31. The third kappa shape index (κ3) is 7.32. The highest BCUT2D eigenvalue weighted by Gasteiger charge is 2.24. The summed E-state index contributed by atoms with van der Waals surface area (Å²) < 4.78 is 23.3. The van der Waals surface area contributed by atoms with Gasteiger partial charge in [-0.15, -0.1) is 0 Å². The van der Waals surface area contributed by atoms with Gasteiger partial charge in [-0.1, -0.05) is 30.3 Å². The maximum Gasteiger partial charge on any atom is 0.408 e. The Morgan fingerprint density at radius 2 is 2.12 bits per heavy atom. The lowest BCUT2D eigenvalue weighted by Gasteiger charge is -2.16. The van der Waals surface area contributed by atoms with E-state index in [0.29, 0.717) is 0 Å². The summed E-state index contributed by atoms with van der Waals surface area (Å²) in [7, 11) is 0. The molecule has 0 fully saturated rings. The fraction of sp³-hybridized carbons (Fsp3) is 0.312. The van der Waals surface area contributed by atoms with E-state index < -0.39 is 42.7 Å². The number of Topliss-reactive ketones (excluding diaryl/α,β-unsaturated/α-hetero) is 1. The molecule has 0 aromatic heterocycles. The van der Waals surface area contributed by atoms with Crippen LogP contribution >= 0.6 is 11.6 Å². The van der Waals surface area contributed by atoms with Gasteiger partial charge in [-0.2, -0.15) is 0 Å². The highest BCUT2D eigenvalue weighted by Crippen LogP contribution is 2.19. The quantitative estimate of drug-likeness (QED) is 0.610. The molecule has 9 heteroatoms. The number of rotatable bonds is 10. The number of alkyl carbamates (subject to hydrolysis) is 1. The molecule has 1 amide bonds. The molecule has 0 aliphatic rings. The van der Waals surface area contributed by atoms with E-state index in [1.54, 1.807) is 0 Å². The van der Waals surface area contributed by atoms with E-state index in [1.165, 1.54) is 24.3 Å². The fourth-order valence-corrected chi connectivity index (χ4v) is 1.98. The van der Waals surface area contributed by atoms with E-state index in [1.807, 2.05) is 0 Å². The number of ketones is 1. The summed E-state index contributed by atoms with van der Waals surface area (Å²) in [6.07, 6.45) is -0.294. The zero-order valence-corrected chi connectivity index (χ0v) is 13.9. The molecule has 136 valence electrons. The van der Waals surface area contributed by atoms with Gasteiger partial charge in [0.1, 0.15) is 25.1 Å². The van der Waals surface area contributed by atoms with Crippen molar-refractivity contribution in [2.75, 3.05) is 13.2 Å². The van der Waals surface area contributed by atoms with Crippen LogP contribution in [0.2, 0.25) is 5.02 Å². The van der Waals surface area contributed by atoms with Crippen LogP contribution in [0.3, 0.4) is 0 Å². The number of aliphatic carboxylic acids is 1. The molecular weight excluding hydrogens is 357 g/mol. The van der Waals surface area contributed by atoms with E-state index in [4.69, 9.17) is 21.4 Å². The van der Waals surface area contributed by atoms with Crippen molar-refractivity contribution in [1.82, 2.24) is 5.32 Å². The highest BCUT2D eigenvalue weighted by atomic mass is 35.5. The Bertz CT molecular complexity index is 631. The van der Waals surface area contributed by atoms with Crippen LogP contribution in [-0.2, 0) is 25.7 Å². The molecule has 1 atom stereocenters. The number of benzene rings is 1. The van der Waals surface area contributed by atoms with Gasteiger partial charge in [-0.25, -0.2) is 9.18 Å². The average molecular weight is 374 g/mol. The lowest BCUT2D eigenvalue weighted by atomic mass is 10.1. The van der Waals surface area contributed by atoms with Crippen molar-refractivity contribution >= 4 is 29.4 Å². The predicted molar refractivity (Wildman–Crippen MR) is 86.8 cm³/mol. The van der Waals surface area contributed by atoms with Crippen LogP contribution in [0.4, 0.5) is 9.18 Å². The van der Waals surface area contributed by atoms with Gasteiger partial charge in [-0.05, 0) is 12.1 Å². The van der Waals surface area contributed by atoms with Crippen LogP contribution in [0.25, 0.3) is 0 Å². The smallest absolute Gasteiger partial charge is 0.408 e. The van der Waals surface area contributed by atoms with E-state index in [-0.39, 0.29) is 23.8 Å². The minimum atomic E-state index is -1.34. The summed E-state index contributed by atoms with van der Waals surface area (Å²) in [4.78, 5) is 34.3. The van der Waals surface area contributed by atoms with Crippen molar-refractivity contribution in [1.29, 1.82) is 0 Å². The summed E-state index contributed by atoms with van der Waals surface area (Å²) in [6, 6.07) is 2.74. The maximum absolute atomic E-state index is 13.6. The molecule has 0 aliphatic carbocycles. The van der Waals surface area contributed by atoms with Gasteiger partial charge < -0.3 is 19.9 Å². The second kappa shape index (κ2) is 10.4. The lowest BCUT2D eigenvalue weighted by molar-refractivity contribution is -0.140. The van der Waals surface area contributed by atoms with E-state index in [2.05, 4.69) is 16.6 Å². The Hall–Kier alpha value is -2.45. The molecule has 0 heterocycles. The number of hydrogen-bond acceptors (Lipinski definition) is 5. The number of amides is 1. The molecule has 0 radical (unpaired) electrons. The monoisotopic (exact) mass is 373 g/mol. The normalized spacial score (nSPS) is 11.4. The predicted octanol–water partition coefficient (Wildman–Crippen LogP) is 2.32. The zero-order chi connectivity index (χ0) is 18.8. The molecule has 1 rings (SSSR count). The number of carbonyl (C=O) groups excluding carboxylic acids is 2. The Balaban J connectivity index is 2.60. The van der Waals surface area contributed by atoms with Gasteiger partial charge >= 0.3 is 12.1 Å². The summed E-state index contributed by atoms with van der Waals surface area (Å²) in [6.45, 7) is 2.44. The SMILES string of the molecule is C=CCOC(=O)NC(CC(=O)O)C(=O)COCc1c(F)cccc1Cl. The number of carboxylic acids is 1. The molecule has 1 unspecified atom stereocenters. The van der Waals surface area contributed by atoms with Gasteiger partial charge in [0.25, 0.3) is 0 Å². The van der Waals surface area contributed by atoms with E-state index in [9.17, 15) is 18.8 Å². The number of carboxylic acid groups (broad SMARTS) is 1. The summed E-state index contributed by atoms with van der Waals surface area (Å²) in [5.74, 6) is -2.59. The molecule has 7 nitrogen and oxygen atoms in total. The topological polar surface area (TPSA) is 102 Å². The Kier molecular flexibility index (Phi) is 8.59. The van der Waals surface area contributed by atoms with Crippen molar-refractivity contribution in [3.8, 4) is 0 Å². The van der Waals surface area contributed by atoms with Crippen molar-refractivity contribution in [3.63, 3.8) is 0 Å². The van der Waals surface area contributed by atoms with Crippen molar-refractivity contribution in [3.05, 3.63) is 47.3 Å². The minimum absolute atomic E-state index is 0.0742. The summed E-state index contributed by atoms with van der Waals surface area (Å²) >= 11 is 5.83. The molecule has 1 aromatic rings. The number of ether oxygens (including phenoxy) is 2. The van der Waals surface area contributed by atoms with Gasteiger partial charge in [0, 0.05) is 10.6 Å². The molecular formula is C16H17ClFNO6. The molecule has 0 aliphatic heterocycles. The summed E-state index contributed by atoms with van der Waals surface area (Å²) in [5, 5.41) is 11.1. The largest absolute Gasteiger partial charge is 0.481 e. The average Bonchev–Trinajstić information content (AvgIpc) is 2.54. The Morgan fingerprint density at radius 3 is 2.72 bits per heavy atom. The number of halogens is 2. The summed E-state index contributed by atoms with van der Waals surface area (Å²) in [5.41, 5.74) is 0.0742. The van der Waals surface area contributed by atoms with Crippen LogP contribution in [0.5, 0.6) is 0 Å². The lowest BCUT2D eigenvalue weighted by Crippen LogP contribution is -2.44. The first-order valence-corrected chi connectivity index (χ1v) is 7.52. The first-order chi connectivity index (χ1) is 11.8. The van der Waals surface area contributed by atoms with Crippen LogP contribution in [0.1, 0.15) is 12.0 Å². The maximum atomic E-state index is 13.6. The molecule has 0 saturated heterocycles. The van der Waals surface area contributed by atoms with Crippen LogP contribution < -0.4 is 5.32 Å². The number of nitrogens with one attached hydrogen (secondary N) is 1. The number of carbonyl (C=O) groups is 3. The molecule has 2 N–H and O–H groups in total. The van der Waals surface area contributed by atoms with E-state index >= 15 is 0 Å². The van der Waals surface area contributed by atoms with Crippen LogP contribution in [0, 0.1) is 5.82 Å². The zero-order valence-electron chi connectivity index (χ0n) is 13.2. The van der Waals surface area contributed by atoms with Crippen molar-refractivity contribution in [2.45, 2.75) is 19.1 Å². The van der Waals surface area contributed by atoms with Gasteiger partial charge in [0.15, 0.2) is 5.78 Å². The standard InChI is InChI=1S/C16H17ClFNO6/c1-2-6-25-16(23)19-13(7-15(21)22)14(20)9-24-8-10-11(17)4-3-5-12(10)18/h2-5,13H,1,6-9H2,(H,19,23)(H,21,22). The fourth-order valence-electron chi connectivity index (χ4n) is 1.76. The van der Waals surface area contributed by atoms with Gasteiger partial charge in [0.2, 0.25) is 0 Å². The minimum Gasteiger partial charge on any atom is -0.481 e. The second-order valence-corrected chi connectivity index (χ2v) is 5.25. The Morgan fingerprint density at radius 1 is 1.40 bits per heavy atom. The van der Waals surface area contributed by atoms with Crippen molar-refractivity contribution < 1.29 is 33.4 Å². The number of hydrogen-bond donors (Lipinski definition) is 2. The molecule has 25 heavy (non-hydrogen) atoms. The third-order valence-electron chi connectivity index (χ3n) is 2.94. The molecule has 0 bridgehead atoms. The Labute approximate surface area is 148 Å². The third-order valence-corrected chi connectivity index (χ3v) is 3.30. The van der Waals surface area contributed by atoms with Crippen LogP contribution in [0.15, 0.2) is 30.9 Å². The first kappa shape index (κ1) is 20.6. The first-order valence-electron chi connectivity index (χ1n) is 7.14. The second-order valence-electron chi connectivity index (χ2n) is 4.84. The molecule has 1 aromatic carbocycles. The van der Waals surface area contributed by atoms with Gasteiger partial charge in [0.05, 0.1) is 13.0 Å².